The van der Waals surface area contributed by atoms with Crippen LogP contribution in [-0.2, 0) is 17.8 Å². The molecular weight excluding hydrogens is 415 g/mol. The molecule has 0 aliphatic heterocycles. The Morgan fingerprint density at radius 2 is 1.81 bits per heavy atom. The van der Waals surface area contributed by atoms with Crippen LogP contribution in [0.15, 0.2) is 53.9 Å². The predicted octanol–water partition coefficient (Wildman–Crippen LogP) is 3.90. The third kappa shape index (κ3) is 4.96. The van der Waals surface area contributed by atoms with Gasteiger partial charge < -0.3 is 10.2 Å². The first kappa shape index (κ1) is 21.1. The minimum absolute atomic E-state index is 0.0124. The van der Waals surface area contributed by atoms with Crippen LogP contribution >= 0.6 is 11.5 Å². The zero-order valence-corrected chi connectivity index (χ0v) is 17.9. The van der Waals surface area contributed by atoms with Crippen molar-refractivity contribution in [3.8, 4) is 0 Å². The minimum atomic E-state index is -0.784. The SMILES string of the molecule is CCc1ccc([C@H](C(=O)NCc2ccc(F)cc2)N(C(=O)c2csnn2)C2CC2)cc1. The number of amides is 2. The van der Waals surface area contributed by atoms with E-state index in [1.807, 2.05) is 24.3 Å². The van der Waals surface area contributed by atoms with E-state index in [0.29, 0.717) is 0 Å². The molecule has 1 fully saturated rings. The number of carbonyl (C=O) groups is 2. The van der Waals surface area contributed by atoms with E-state index in [2.05, 4.69) is 21.8 Å². The molecule has 6 nitrogen and oxygen atoms in total. The lowest BCUT2D eigenvalue weighted by atomic mass is 10.0. The Morgan fingerprint density at radius 3 is 2.39 bits per heavy atom. The summed E-state index contributed by atoms with van der Waals surface area (Å²) in [5.74, 6) is -0.902. The van der Waals surface area contributed by atoms with Gasteiger partial charge in [-0.25, -0.2) is 4.39 Å². The second-order valence-corrected chi connectivity index (χ2v) is 8.19. The first-order valence-corrected chi connectivity index (χ1v) is 11.1. The fourth-order valence-electron chi connectivity index (χ4n) is 3.50. The lowest BCUT2D eigenvalue weighted by Crippen LogP contribution is -2.45. The van der Waals surface area contributed by atoms with Gasteiger partial charge in [0, 0.05) is 18.0 Å². The van der Waals surface area contributed by atoms with Crippen molar-refractivity contribution in [3.63, 3.8) is 0 Å². The smallest absolute Gasteiger partial charge is 0.276 e. The van der Waals surface area contributed by atoms with Gasteiger partial charge in [0.05, 0.1) is 0 Å². The highest BCUT2D eigenvalue weighted by Crippen LogP contribution is 2.36. The predicted molar refractivity (Wildman–Crippen MR) is 116 cm³/mol. The number of hydrogen-bond acceptors (Lipinski definition) is 5. The molecule has 1 N–H and O–H groups in total. The monoisotopic (exact) mass is 438 g/mol. The van der Waals surface area contributed by atoms with Gasteiger partial charge in [-0.05, 0) is 59.6 Å². The second kappa shape index (κ2) is 9.34. The number of hydrogen-bond donors (Lipinski definition) is 1. The summed E-state index contributed by atoms with van der Waals surface area (Å²) in [6.07, 6.45) is 2.58. The van der Waals surface area contributed by atoms with Crippen molar-refractivity contribution in [3.05, 3.63) is 82.1 Å². The highest BCUT2D eigenvalue weighted by Gasteiger charge is 2.42. The zero-order chi connectivity index (χ0) is 21.8. The Morgan fingerprint density at radius 1 is 1.13 bits per heavy atom. The van der Waals surface area contributed by atoms with Gasteiger partial charge >= 0.3 is 0 Å². The molecule has 1 saturated carbocycles. The molecule has 0 unspecified atom stereocenters. The molecule has 1 aromatic heterocycles. The highest BCUT2D eigenvalue weighted by molar-refractivity contribution is 7.03. The van der Waals surface area contributed by atoms with E-state index < -0.39 is 6.04 Å². The fraction of sp³-hybridized carbons (Fsp3) is 0.304. The molecule has 3 aromatic rings. The van der Waals surface area contributed by atoms with Crippen molar-refractivity contribution in [2.24, 2.45) is 0 Å². The fourth-order valence-corrected chi connectivity index (χ4v) is 3.93. The molecule has 1 aliphatic carbocycles. The van der Waals surface area contributed by atoms with E-state index in [-0.39, 0.29) is 35.9 Å². The van der Waals surface area contributed by atoms with E-state index >= 15 is 0 Å². The van der Waals surface area contributed by atoms with Gasteiger partial charge in [-0.1, -0.05) is 47.8 Å². The molecule has 0 spiro atoms. The standard InChI is InChI=1S/C23H23FN4O2S/c1-2-15-3-7-17(8-4-15)21(22(29)25-13-16-5-9-18(24)10-6-16)28(19-11-12-19)23(30)20-14-31-27-26-20/h3-10,14,19,21H,2,11-13H2,1H3,(H,25,29)/t21-/m1/s1. The van der Waals surface area contributed by atoms with Crippen molar-refractivity contribution >= 4 is 23.3 Å². The Bertz CT molecular complexity index is 1030. The summed E-state index contributed by atoms with van der Waals surface area (Å²) >= 11 is 1.11. The number of benzene rings is 2. The van der Waals surface area contributed by atoms with E-state index in [4.69, 9.17) is 0 Å². The van der Waals surface area contributed by atoms with Crippen molar-refractivity contribution in [2.75, 3.05) is 0 Å². The molecule has 2 amide bonds. The highest BCUT2D eigenvalue weighted by atomic mass is 32.1. The molecule has 1 heterocycles. The van der Waals surface area contributed by atoms with Crippen LogP contribution in [0.2, 0.25) is 0 Å². The quantitative estimate of drug-likeness (QED) is 0.579. The van der Waals surface area contributed by atoms with Gasteiger partial charge in [-0.15, -0.1) is 5.10 Å². The molecule has 0 bridgehead atoms. The normalized spacial score (nSPS) is 14.1. The van der Waals surface area contributed by atoms with E-state index in [1.165, 1.54) is 12.1 Å². The topological polar surface area (TPSA) is 75.2 Å². The molecule has 160 valence electrons. The largest absolute Gasteiger partial charge is 0.350 e. The van der Waals surface area contributed by atoms with Gasteiger partial charge in [0.25, 0.3) is 5.91 Å². The van der Waals surface area contributed by atoms with Crippen molar-refractivity contribution in [1.29, 1.82) is 0 Å². The summed E-state index contributed by atoms with van der Waals surface area (Å²) in [6, 6.07) is 13.0. The molecule has 4 rings (SSSR count). The average Bonchev–Trinajstić information content (AvgIpc) is 3.48. The van der Waals surface area contributed by atoms with Crippen LogP contribution in [0.3, 0.4) is 0 Å². The Balaban J connectivity index is 1.63. The number of aryl methyl sites for hydroxylation is 1. The Kier molecular flexibility index (Phi) is 6.36. The molecule has 31 heavy (non-hydrogen) atoms. The first-order valence-electron chi connectivity index (χ1n) is 10.3. The van der Waals surface area contributed by atoms with Crippen LogP contribution in [0, 0.1) is 5.82 Å². The van der Waals surface area contributed by atoms with E-state index in [1.54, 1.807) is 22.4 Å². The number of aromatic nitrogens is 2. The second-order valence-electron chi connectivity index (χ2n) is 7.58. The first-order chi connectivity index (χ1) is 15.1. The maximum atomic E-state index is 13.4. The summed E-state index contributed by atoms with van der Waals surface area (Å²) in [7, 11) is 0. The molecular formula is C23H23FN4O2S. The summed E-state index contributed by atoms with van der Waals surface area (Å²) < 4.78 is 17.0. The van der Waals surface area contributed by atoms with Crippen LogP contribution in [0.25, 0.3) is 0 Å². The van der Waals surface area contributed by atoms with Gasteiger partial charge in [-0.2, -0.15) is 0 Å². The summed E-state index contributed by atoms with van der Waals surface area (Å²) in [5, 5.41) is 8.44. The molecule has 1 aliphatic rings. The van der Waals surface area contributed by atoms with Crippen LogP contribution in [0.5, 0.6) is 0 Å². The van der Waals surface area contributed by atoms with Gasteiger partial charge in [0.15, 0.2) is 5.69 Å². The van der Waals surface area contributed by atoms with Crippen LogP contribution in [0.4, 0.5) is 4.39 Å². The van der Waals surface area contributed by atoms with Crippen LogP contribution < -0.4 is 5.32 Å². The van der Waals surface area contributed by atoms with Crippen molar-refractivity contribution in [1.82, 2.24) is 19.8 Å². The third-order valence-electron chi connectivity index (χ3n) is 5.36. The Hall–Kier alpha value is -3.13. The molecule has 1 atom stereocenters. The minimum Gasteiger partial charge on any atom is -0.350 e. The van der Waals surface area contributed by atoms with Gasteiger partial charge in [0.2, 0.25) is 5.91 Å². The van der Waals surface area contributed by atoms with E-state index in [9.17, 15) is 14.0 Å². The van der Waals surface area contributed by atoms with Gasteiger partial charge in [-0.3, -0.25) is 9.59 Å². The number of carbonyl (C=O) groups excluding carboxylic acids is 2. The summed E-state index contributed by atoms with van der Waals surface area (Å²) in [5.41, 5.74) is 2.93. The number of rotatable bonds is 8. The van der Waals surface area contributed by atoms with E-state index in [0.717, 1.165) is 47.5 Å². The van der Waals surface area contributed by atoms with Crippen molar-refractivity contribution < 1.29 is 14.0 Å². The number of nitrogens with zero attached hydrogens (tertiary/aromatic N) is 3. The molecule has 0 saturated heterocycles. The average molecular weight is 439 g/mol. The maximum absolute atomic E-state index is 13.4. The lowest BCUT2D eigenvalue weighted by Gasteiger charge is -2.31. The number of nitrogens with one attached hydrogen (secondary N) is 1. The van der Waals surface area contributed by atoms with Crippen LogP contribution in [-0.4, -0.2) is 32.3 Å². The number of halogens is 1. The Labute approximate surface area is 184 Å². The maximum Gasteiger partial charge on any atom is 0.276 e. The summed E-state index contributed by atoms with van der Waals surface area (Å²) in [4.78, 5) is 28.3. The molecule has 8 heteroatoms. The van der Waals surface area contributed by atoms with Crippen molar-refractivity contribution in [2.45, 2.75) is 44.8 Å². The molecule has 0 radical (unpaired) electrons. The van der Waals surface area contributed by atoms with Gasteiger partial charge in [0.1, 0.15) is 11.9 Å². The van der Waals surface area contributed by atoms with Crippen LogP contribution in [0.1, 0.15) is 53.0 Å². The summed E-state index contributed by atoms with van der Waals surface area (Å²) in [6.45, 7) is 2.31. The third-order valence-corrected chi connectivity index (χ3v) is 5.87. The zero-order valence-electron chi connectivity index (χ0n) is 17.1. The molecule has 2 aromatic carbocycles. The lowest BCUT2D eigenvalue weighted by molar-refractivity contribution is -0.126.